The molecule has 4 N–H and O–H groups in total. The molecule has 0 spiro atoms. The second-order valence-electron chi connectivity index (χ2n) is 3.58. The molecule has 2 aromatic rings. The number of aromatic amines is 1. The smallest absolute Gasteiger partial charge is 0.410 e. The van der Waals surface area contributed by atoms with Crippen molar-refractivity contribution >= 4 is 22.0 Å². The van der Waals surface area contributed by atoms with Crippen molar-refractivity contribution in [3.8, 4) is 0 Å². The highest BCUT2D eigenvalue weighted by molar-refractivity contribution is 7.85. The first kappa shape index (κ1) is 15.6. The van der Waals surface area contributed by atoms with Gasteiger partial charge in [-0.3, -0.25) is 15.0 Å². The van der Waals surface area contributed by atoms with Crippen LogP contribution in [0.15, 0.2) is 35.4 Å². The molecule has 0 radical (unpaired) electrons. The average Bonchev–Trinajstić information content (AvgIpc) is 2.81. The molecule has 10 heteroatoms. The highest BCUT2D eigenvalue weighted by Crippen LogP contribution is 2.08. The molecule has 0 aliphatic rings. The minimum atomic E-state index is -4.02. The molecule has 20 heavy (non-hydrogen) atoms. The number of H-pyrrole nitrogens is 1. The Morgan fingerprint density at radius 3 is 2.30 bits per heavy atom. The Balaban J connectivity index is 0.000000204. The Morgan fingerprint density at radius 2 is 1.90 bits per heavy atom. The maximum Gasteiger partial charge on any atom is 0.410 e. The fraction of sp³-hybridized carbons (Fsp3) is 0.100. The fourth-order valence-corrected chi connectivity index (χ4v) is 1.56. The van der Waals surface area contributed by atoms with Crippen molar-refractivity contribution in [2.75, 3.05) is 5.32 Å². The van der Waals surface area contributed by atoms with E-state index in [0.29, 0.717) is 0 Å². The lowest BCUT2D eigenvalue weighted by atomic mass is 10.2. The van der Waals surface area contributed by atoms with E-state index in [9.17, 15) is 13.2 Å². The molecule has 0 aliphatic heterocycles. The van der Waals surface area contributed by atoms with Crippen molar-refractivity contribution in [3.05, 3.63) is 36.0 Å². The van der Waals surface area contributed by atoms with Crippen LogP contribution in [-0.4, -0.2) is 39.6 Å². The Hall–Kier alpha value is -2.46. The van der Waals surface area contributed by atoms with E-state index in [4.69, 9.17) is 9.66 Å². The Morgan fingerprint density at radius 1 is 1.30 bits per heavy atom. The molecule has 0 aliphatic carbocycles. The highest BCUT2D eigenvalue weighted by Gasteiger charge is 2.06. The number of amides is 1. The lowest BCUT2D eigenvalue weighted by Gasteiger charge is -1.95. The van der Waals surface area contributed by atoms with Gasteiger partial charge in [-0.05, 0) is 19.1 Å². The van der Waals surface area contributed by atoms with Crippen LogP contribution in [0.2, 0.25) is 0 Å². The summed E-state index contributed by atoms with van der Waals surface area (Å²) in [6.45, 7) is 1.84. The lowest BCUT2D eigenvalue weighted by molar-refractivity contribution is 0.209. The molecule has 1 aromatic carbocycles. The number of nitrogens with one attached hydrogen (secondary N) is 2. The van der Waals surface area contributed by atoms with Crippen LogP contribution in [0.25, 0.3) is 0 Å². The van der Waals surface area contributed by atoms with Crippen LogP contribution in [0.5, 0.6) is 0 Å². The van der Waals surface area contributed by atoms with E-state index in [0.717, 1.165) is 5.56 Å². The molecule has 0 saturated carbocycles. The van der Waals surface area contributed by atoms with Crippen molar-refractivity contribution in [2.24, 2.45) is 0 Å². The van der Waals surface area contributed by atoms with Crippen LogP contribution < -0.4 is 5.32 Å². The van der Waals surface area contributed by atoms with E-state index in [-0.39, 0.29) is 10.7 Å². The molecule has 0 bridgehead atoms. The summed E-state index contributed by atoms with van der Waals surface area (Å²) < 4.78 is 29.6. The number of nitrogens with zero attached hydrogens (tertiary/aromatic N) is 2. The molecular weight excluding hydrogens is 288 g/mol. The molecule has 1 amide bonds. The fourth-order valence-electron chi connectivity index (χ4n) is 1.08. The van der Waals surface area contributed by atoms with Crippen LogP contribution >= 0.6 is 0 Å². The van der Waals surface area contributed by atoms with Crippen molar-refractivity contribution in [3.63, 3.8) is 0 Å². The SMILES string of the molecule is Cc1ccc(S(=O)(=O)O)cc1.O=C(O)Nc1c[nH]nn1. The van der Waals surface area contributed by atoms with Crippen LogP contribution in [0, 0.1) is 6.92 Å². The number of aryl methyl sites for hydroxylation is 1. The zero-order chi connectivity index (χ0) is 15.2. The molecular formula is C10H12N4O5S. The molecule has 108 valence electrons. The van der Waals surface area contributed by atoms with Crippen LogP contribution in [0.4, 0.5) is 10.6 Å². The zero-order valence-electron chi connectivity index (χ0n) is 10.3. The highest BCUT2D eigenvalue weighted by atomic mass is 32.2. The van der Waals surface area contributed by atoms with Crippen LogP contribution in [0.3, 0.4) is 0 Å². The summed E-state index contributed by atoms with van der Waals surface area (Å²) >= 11 is 0. The van der Waals surface area contributed by atoms with Gasteiger partial charge in [0.1, 0.15) is 0 Å². The summed E-state index contributed by atoms with van der Waals surface area (Å²) in [6.07, 6.45) is 0.192. The van der Waals surface area contributed by atoms with Crippen LogP contribution in [0.1, 0.15) is 5.56 Å². The number of hydrogen-bond donors (Lipinski definition) is 4. The van der Waals surface area contributed by atoms with Crippen molar-refractivity contribution < 1.29 is 22.9 Å². The minimum Gasteiger partial charge on any atom is -0.465 e. The molecule has 1 aromatic heterocycles. The Kier molecular flexibility index (Phi) is 5.17. The quantitative estimate of drug-likeness (QED) is 0.608. The Bertz CT molecular complexity index is 651. The number of anilines is 1. The van der Waals surface area contributed by atoms with Gasteiger partial charge in [-0.1, -0.05) is 22.9 Å². The van der Waals surface area contributed by atoms with Gasteiger partial charge in [-0.15, -0.1) is 5.10 Å². The molecule has 2 rings (SSSR count). The topological polar surface area (TPSA) is 145 Å². The third kappa shape index (κ3) is 5.46. The van der Waals surface area contributed by atoms with Gasteiger partial charge in [0, 0.05) is 0 Å². The number of carboxylic acid groups (broad SMARTS) is 1. The summed E-state index contributed by atoms with van der Waals surface area (Å²) in [4.78, 5) is 9.81. The normalized spacial score (nSPS) is 10.3. The van der Waals surface area contributed by atoms with Gasteiger partial charge < -0.3 is 5.11 Å². The molecule has 0 unspecified atom stereocenters. The predicted molar refractivity (Wildman–Crippen MR) is 69.0 cm³/mol. The first-order valence-electron chi connectivity index (χ1n) is 5.19. The molecule has 0 fully saturated rings. The second-order valence-corrected chi connectivity index (χ2v) is 5.00. The average molecular weight is 300 g/mol. The minimum absolute atomic E-state index is 0.0666. The van der Waals surface area contributed by atoms with Gasteiger partial charge in [0.2, 0.25) is 0 Å². The standard InChI is InChI=1S/C7H8O3S.C3H4N4O2/c1-6-2-4-7(5-3-6)11(8,9)10;8-3(9)5-2-1-4-7-6-2/h2-5H,1H3,(H,8,9,10);1H,(H,8,9)(H2,4,5,6,7). The Labute approximate surface area is 114 Å². The van der Waals surface area contributed by atoms with Crippen molar-refractivity contribution in [1.82, 2.24) is 15.4 Å². The maximum atomic E-state index is 10.5. The zero-order valence-corrected chi connectivity index (χ0v) is 11.1. The summed E-state index contributed by atoms with van der Waals surface area (Å²) in [6, 6.07) is 5.99. The number of rotatable bonds is 2. The monoisotopic (exact) mass is 300 g/mol. The van der Waals surface area contributed by atoms with Gasteiger partial charge in [0.05, 0.1) is 11.1 Å². The maximum absolute atomic E-state index is 10.5. The third-order valence-electron chi connectivity index (χ3n) is 1.97. The second kappa shape index (κ2) is 6.63. The summed E-state index contributed by atoms with van der Waals surface area (Å²) in [5.74, 6) is 0.197. The first-order chi connectivity index (χ1) is 9.29. The first-order valence-corrected chi connectivity index (χ1v) is 6.63. The van der Waals surface area contributed by atoms with E-state index in [2.05, 4.69) is 15.4 Å². The molecule has 0 saturated heterocycles. The van der Waals surface area contributed by atoms with E-state index < -0.39 is 16.2 Å². The predicted octanol–water partition coefficient (Wildman–Crippen LogP) is 1.14. The third-order valence-corrected chi connectivity index (χ3v) is 2.84. The molecule has 9 nitrogen and oxygen atoms in total. The van der Waals surface area contributed by atoms with Gasteiger partial charge in [0.15, 0.2) is 5.82 Å². The lowest BCUT2D eigenvalue weighted by Crippen LogP contribution is -2.07. The van der Waals surface area contributed by atoms with Gasteiger partial charge in [-0.2, -0.15) is 8.42 Å². The number of aromatic nitrogens is 3. The summed E-state index contributed by atoms with van der Waals surface area (Å²) in [5, 5.41) is 19.1. The van der Waals surface area contributed by atoms with E-state index in [1.54, 1.807) is 12.1 Å². The van der Waals surface area contributed by atoms with Gasteiger partial charge >= 0.3 is 6.09 Å². The number of carbonyl (C=O) groups is 1. The summed E-state index contributed by atoms with van der Waals surface area (Å²) in [5.41, 5.74) is 0.956. The van der Waals surface area contributed by atoms with E-state index >= 15 is 0 Å². The van der Waals surface area contributed by atoms with Gasteiger partial charge in [0.25, 0.3) is 10.1 Å². The largest absolute Gasteiger partial charge is 0.465 e. The molecule has 0 atom stereocenters. The van der Waals surface area contributed by atoms with Crippen molar-refractivity contribution in [1.29, 1.82) is 0 Å². The van der Waals surface area contributed by atoms with E-state index in [1.807, 2.05) is 12.2 Å². The molecule has 1 heterocycles. The summed E-state index contributed by atoms with van der Waals surface area (Å²) in [7, 11) is -4.02. The van der Waals surface area contributed by atoms with E-state index in [1.165, 1.54) is 18.3 Å². The number of benzene rings is 1. The number of hydrogen-bond acceptors (Lipinski definition) is 5. The van der Waals surface area contributed by atoms with Crippen molar-refractivity contribution in [2.45, 2.75) is 11.8 Å². The van der Waals surface area contributed by atoms with Gasteiger partial charge in [-0.25, -0.2) is 4.79 Å². The van der Waals surface area contributed by atoms with Crippen LogP contribution in [-0.2, 0) is 10.1 Å².